The third-order valence-corrected chi connectivity index (χ3v) is 3.24. The minimum atomic E-state index is 0. The molecule has 2 heterocycles. The third kappa shape index (κ3) is 2.05. The van der Waals surface area contributed by atoms with Crippen molar-refractivity contribution in [1.82, 2.24) is 9.97 Å². The largest absolute Gasteiger partial charge is 0.254 e. The SMILES string of the molecule is [Ir].c1ccc(-c2nc3ccccc3s2)nc1. The molecule has 0 saturated heterocycles. The standard InChI is InChI=1S/C12H8N2S.Ir/c1-2-7-11-9(5-1)14-12(15-11)10-6-3-4-8-13-10;/h1-8H;. The second-order valence-corrected chi connectivity index (χ2v) is 4.23. The van der Waals surface area contributed by atoms with E-state index in [1.54, 1.807) is 17.5 Å². The Labute approximate surface area is 111 Å². The van der Waals surface area contributed by atoms with Crippen molar-refractivity contribution in [3.05, 3.63) is 48.7 Å². The van der Waals surface area contributed by atoms with Crippen LogP contribution in [0.4, 0.5) is 0 Å². The zero-order valence-electron chi connectivity index (χ0n) is 8.25. The summed E-state index contributed by atoms with van der Waals surface area (Å²) in [6, 6.07) is 14.0. The second-order valence-electron chi connectivity index (χ2n) is 3.20. The maximum atomic E-state index is 4.54. The quantitative estimate of drug-likeness (QED) is 0.622. The van der Waals surface area contributed by atoms with Crippen molar-refractivity contribution in [2.45, 2.75) is 0 Å². The Morgan fingerprint density at radius 2 is 1.75 bits per heavy atom. The molecule has 16 heavy (non-hydrogen) atoms. The number of benzene rings is 1. The number of hydrogen-bond acceptors (Lipinski definition) is 3. The summed E-state index contributed by atoms with van der Waals surface area (Å²) >= 11 is 1.68. The second kappa shape index (κ2) is 4.83. The molecule has 0 aliphatic rings. The first-order valence-corrected chi connectivity index (χ1v) is 5.52. The number of thiazole rings is 1. The van der Waals surface area contributed by atoms with Crippen LogP contribution in [-0.2, 0) is 20.1 Å². The minimum Gasteiger partial charge on any atom is -0.254 e. The average Bonchev–Trinajstić information content (AvgIpc) is 2.74. The minimum absolute atomic E-state index is 0. The van der Waals surface area contributed by atoms with E-state index in [1.807, 2.05) is 36.4 Å². The maximum Gasteiger partial charge on any atom is 0.143 e. The Morgan fingerprint density at radius 1 is 0.938 bits per heavy atom. The fourth-order valence-corrected chi connectivity index (χ4v) is 2.41. The molecule has 1 aromatic carbocycles. The first kappa shape index (κ1) is 11.4. The van der Waals surface area contributed by atoms with Gasteiger partial charge in [0.1, 0.15) is 5.01 Å². The number of pyridine rings is 1. The summed E-state index contributed by atoms with van der Waals surface area (Å²) in [5.41, 5.74) is 1.99. The van der Waals surface area contributed by atoms with Gasteiger partial charge in [-0.15, -0.1) is 11.3 Å². The van der Waals surface area contributed by atoms with Crippen molar-refractivity contribution >= 4 is 21.6 Å². The van der Waals surface area contributed by atoms with Crippen LogP contribution in [0.1, 0.15) is 0 Å². The van der Waals surface area contributed by atoms with Gasteiger partial charge in [0.2, 0.25) is 0 Å². The molecule has 0 bridgehead atoms. The Bertz CT molecular complexity index is 559. The zero-order chi connectivity index (χ0) is 10.1. The Hall–Kier alpha value is -1.09. The van der Waals surface area contributed by atoms with E-state index in [4.69, 9.17) is 0 Å². The van der Waals surface area contributed by atoms with Crippen molar-refractivity contribution in [2.75, 3.05) is 0 Å². The molecule has 0 saturated carbocycles. The van der Waals surface area contributed by atoms with Gasteiger partial charge in [-0.2, -0.15) is 0 Å². The van der Waals surface area contributed by atoms with Crippen LogP contribution in [0.25, 0.3) is 20.9 Å². The Morgan fingerprint density at radius 3 is 2.50 bits per heavy atom. The van der Waals surface area contributed by atoms with Gasteiger partial charge in [0.05, 0.1) is 15.9 Å². The molecule has 2 aromatic heterocycles. The van der Waals surface area contributed by atoms with E-state index in [9.17, 15) is 0 Å². The van der Waals surface area contributed by atoms with Crippen LogP contribution < -0.4 is 0 Å². The number of nitrogens with zero attached hydrogens (tertiary/aromatic N) is 2. The van der Waals surface area contributed by atoms with Gasteiger partial charge in [-0.05, 0) is 24.3 Å². The molecule has 0 N–H and O–H groups in total. The summed E-state index contributed by atoms with van der Waals surface area (Å²) in [6.45, 7) is 0. The predicted molar refractivity (Wildman–Crippen MR) is 62.9 cm³/mol. The number of aromatic nitrogens is 2. The summed E-state index contributed by atoms with van der Waals surface area (Å²) in [5, 5.41) is 0.983. The molecule has 0 aliphatic carbocycles. The van der Waals surface area contributed by atoms with E-state index >= 15 is 0 Å². The van der Waals surface area contributed by atoms with Crippen LogP contribution in [0.2, 0.25) is 0 Å². The van der Waals surface area contributed by atoms with Gasteiger partial charge in [0, 0.05) is 26.3 Å². The maximum absolute atomic E-state index is 4.54. The predicted octanol–water partition coefficient (Wildman–Crippen LogP) is 3.36. The Balaban J connectivity index is 0.000000963. The van der Waals surface area contributed by atoms with Crippen molar-refractivity contribution in [3.8, 4) is 10.7 Å². The molecular weight excluding hydrogens is 396 g/mol. The van der Waals surface area contributed by atoms with E-state index in [2.05, 4.69) is 16.0 Å². The number of para-hydroxylation sites is 1. The average molecular weight is 404 g/mol. The van der Waals surface area contributed by atoms with Crippen LogP contribution in [-0.4, -0.2) is 9.97 Å². The van der Waals surface area contributed by atoms with Gasteiger partial charge in [0.25, 0.3) is 0 Å². The summed E-state index contributed by atoms with van der Waals surface area (Å²) < 4.78 is 1.21. The zero-order valence-corrected chi connectivity index (χ0v) is 11.5. The number of fused-ring (bicyclic) bond motifs is 1. The van der Waals surface area contributed by atoms with Crippen molar-refractivity contribution in [1.29, 1.82) is 0 Å². The van der Waals surface area contributed by atoms with Crippen molar-refractivity contribution in [2.24, 2.45) is 0 Å². The molecule has 0 aliphatic heterocycles. The molecule has 81 valence electrons. The van der Waals surface area contributed by atoms with Gasteiger partial charge in [-0.3, -0.25) is 4.98 Å². The Kier molecular flexibility index (Phi) is 3.44. The fraction of sp³-hybridized carbons (Fsp3) is 0. The van der Waals surface area contributed by atoms with Crippen LogP contribution in [0.3, 0.4) is 0 Å². The molecular formula is C12H8IrN2S. The first-order valence-electron chi connectivity index (χ1n) is 4.70. The van der Waals surface area contributed by atoms with Crippen molar-refractivity contribution < 1.29 is 20.1 Å². The van der Waals surface area contributed by atoms with Gasteiger partial charge < -0.3 is 0 Å². The molecule has 1 radical (unpaired) electrons. The van der Waals surface area contributed by atoms with Gasteiger partial charge in [-0.1, -0.05) is 18.2 Å². The van der Waals surface area contributed by atoms with E-state index < -0.39 is 0 Å². The molecule has 0 amide bonds. The van der Waals surface area contributed by atoms with E-state index in [0.29, 0.717) is 0 Å². The van der Waals surface area contributed by atoms with Crippen molar-refractivity contribution in [3.63, 3.8) is 0 Å². The van der Waals surface area contributed by atoms with Crippen LogP contribution in [0, 0.1) is 0 Å². The molecule has 0 spiro atoms. The van der Waals surface area contributed by atoms with Crippen LogP contribution in [0.5, 0.6) is 0 Å². The molecule has 2 nitrogen and oxygen atoms in total. The number of rotatable bonds is 1. The topological polar surface area (TPSA) is 25.8 Å². The molecule has 0 unspecified atom stereocenters. The van der Waals surface area contributed by atoms with Crippen LogP contribution in [0.15, 0.2) is 48.7 Å². The summed E-state index contributed by atoms with van der Waals surface area (Å²) in [6.07, 6.45) is 1.79. The van der Waals surface area contributed by atoms with E-state index in [1.165, 1.54) is 4.70 Å². The van der Waals surface area contributed by atoms with E-state index in [-0.39, 0.29) is 20.1 Å². The van der Waals surface area contributed by atoms with Gasteiger partial charge in [-0.25, -0.2) is 4.98 Å². The fourth-order valence-electron chi connectivity index (χ4n) is 1.47. The molecule has 3 aromatic rings. The van der Waals surface area contributed by atoms with E-state index in [0.717, 1.165) is 16.2 Å². The van der Waals surface area contributed by atoms with Crippen LogP contribution >= 0.6 is 11.3 Å². The molecule has 0 atom stereocenters. The number of hydrogen-bond donors (Lipinski definition) is 0. The van der Waals surface area contributed by atoms with Gasteiger partial charge >= 0.3 is 0 Å². The molecule has 3 rings (SSSR count). The molecule has 0 fully saturated rings. The van der Waals surface area contributed by atoms with Gasteiger partial charge in [0.15, 0.2) is 0 Å². The third-order valence-electron chi connectivity index (χ3n) is 2.18. The smallest absolute Gasteiger partial charge is 0.143 e. The normalized spacial score (nSPS) is 10.0. The summed E-state index contributed by atoms with van der Waals surface area (Å²) in [4.78, 5) is 8.83. The monoisotopic (exact) mass is 405 g/mol. The molecule has 4 heteroatoms. The summed E-state index contributed by atoms with van der Waals surface area (Å²) in [7, 11) is 0. The first-order chi connectivity index (χ1) is 7.43. The summed E-state index contributed by atoms with van der Waals surface area (Å²) in [5.74, 6) is 0.